The summed E-state index contributed by atoms with van der Waals surface area (Å²) < 4.78 is 5.57. The average molecular weight is 243 g/mol. The van der Waals surface area contributed by atoms with Crippen LogP contribution in [0.5, 0.6) is 0 Å². The summed E-state index contributed by atoms with van der Waals surface area (Å²) in [6.45, 7) is 6.13. The number of likely N-dealkylation sites (tertiary alicyclic amines) is 1. The Morgan fingerprint density at radius 1 is 1.24 bits per heavy atom. The molecule has 1 heterocycles. The average Bonchev–Trinajstić information content (AvgIpc) is 2.48. The van der Waals surface area contributed by atoms with E-state index in [1.54, 1.807) is 0 Å². The van der Waals surface area contributed by atoms with Crippen LogP contribution >= 0.6 is 0 Å². The molecule has 1 N–H and O–H groups in total. The third-order valence-corrected chi connectivity index (χ3v) is 3.31. The molecule has 1 aliphatic rings. The van der Waals surface area contributed by atoms with Crippen LogP contribution in [0.15, 0.2) is 0 Å². The first-order chi connectivity index (χ1) is 8.18. The lowest BCUT2D eigenvalue weighted by atomic mass is 10.1. The molecule has 1 unspecified atom stereocenters. The summed E-state index contributed by atoms with van der Waals surface area (Å²) in [4.78, 5) is 4.57. The van der Waals surface area contributed by atoms with Gasteiger partial charge in [0, 0.05) is 19.1 Å². The summed E-state index contributed by atoms with van der Waals surface area (Å²) in [6.07, 6.45) is 3.89. The van der Waals surface area contributed by atoms with E-state index in [-0.39, 0.29) is 0 Å². The lowest BCUT2D eigenvalue weighted by Gasteiger charge is -2.17. The second-order valence-electron chi connectivity index (χ2n) is 5.30. The Balaban J connectivity index is 1.95. The Bertz CT molecular complexity index is 188. The van der Waals surface area contributed by atoms with Gasteiger partial charge in [0.05, 0.1) is 13.2 Å². The molecule has 0 radical (unpaired) electrons. The van der Waals surface area contributed by atoms with Crippen molar-refractivity contribution in [3.8, 4) is 0 Å². The molecule has 0 bridgehead atoms. The van der Waals surface area contributed by atoms with E-state index in [0.29, 0.717) is 6.04 Å². The van der Waals surface area contributed by atoms with Crippen molar-refractivity contribution in [3.05, 3.63) is 0 Å². The number of likely N-dealkylation sites (N-methyl/N-ethyl adjacent to an activating group) is 1. The third kappa shape index (κ3) is 7.71. The van der Waals surface area contributed by atoms with Crippen LogP contribution in [0.25, 0.3) is 0 Å². The minimum atomic E-state index is 0.692. The molecule has 102 valence electrons. The van der Waals surface area contributed by atoms with Crippen LogP contribution in [0, 0.1) is 0 Å². The van der Waals surface area contributed by atoms with Gasteiger partial charge in [-0.2, -0.15) is 0 Å². The molecule has 0 aromatic rings. The van der Waals surface area contributed by atoms with E-state index in [9.17, 15) is 0 Å². The number of nitrogens with zero attached hydrogens (tertiary/aromatic N) is 2. The van der Waals surface area contributed by atoms with Gasteiger partial charge in [-0.25, -0.2) is 0 Å². The van der Waals surface area contributed by atoms with Gasteiger partial charge in [-0.05, 0) is 53.5 Å². The molecule has 0 spiro atoms. The molecule has 1 atom stereocenters. The molecule has 17 heavy (non-hydrogen) atoms. The van der Waals surface area contributed by atoms with Crippen molar-refractivity contribution < 1.29 is 4.74 Å². The molecule has 1 rings (SSSR count). The highest BCUT2D eigenvalue weighted by Gasteiger charge is 2.13. The Kier molecular flexibility index (Phi) is 7.77. The summed E-state index contributed by atoms with van der Waals surface area (Å²) in [5, 5.41) is 3.60. The summed E-state index contributed by atoms with van der Waals surface area (Å²) in [5.74, 6) is 0. The van der Waals surface area contributed by atoms with E-state index in [4.69, 9.17) is 4.74 Å². The zero-order valence-corrected chi connectivity index (χ0v) is 11.7. The SMILES string of the molecule is CN(C)CCOCCNC1CCCN(C)CC1. The Morgan fingerprint density at radius 3 is 2.82 bits per heavy atom. The Morgan fingerprint density at radius 2 is 2.06 bits per heavy atom. The van der Waals surface area contributed by atoms with E-state index in [0.717, 1.165) is 26.3 Å². The number of hydrogen-bond donors (Lipinski definition) is 1. The van der Waals surface area contributed by atoms with Crippen LogP contribution in [0.4, 0.5) is 0 Å². The quantitative estimate of drug-likeness (QED) is 0.664. The molecular formula is C13H29N3O. The molecule has 1 fully saturated rings. The van der Waals surface area contributed by atoms with Gasteiger partial charge in [0.2, 0.25) is 0 Å². The molecule has 1 aliphatic heterocycles. The highest BCUT2D eigenvalue weighted by atomic mass is 16.5. The van der Waals surface area contributed by atoms with Gasteiger partial charge in [0.1, 0.15) is 0 Å². The second-order valence-corrected chi connectivity index (χ2v) is 5.30. The van der Waals surface area contributed by atoms with Crippen LogP contribution < -0.4 is 5.32 Å². The predicted octanol–water partition coefficient (Wildman–Crippen LogP) is 0.639. The van der Waals surface area contributed by atoms with Crippen molar-refractivity contribution in [2.24, 2.45) is 0 Å². The maximum Gasteiger partial charge on any atom is 0.0593 e. The van der Waals surface area contributed by atoms with Gasteiger partial charge in [0.15, 0.2) is 0 Å². The minimum Gasteiger partial charge on any atom is -0.379 e. The summed E-state index contributed by atoms with van der Waals surface area (Å²) in [5.41, 5.74) is 0. The molecule has 0 aromatic carbocycles. The van der Waals surface area contributed by atoms with Gasteiger partial charge >= 0.3 is 0 Å². The van der Waals surface area contributed by atoms with Crippen LogP contribution in [-0.2, 0) is 4.74 Å². The van der Waals surface area contributed by atoms with Crippen molar-refractivity contribution in [2.45, 2.75) is 25.3 Å². The Hall–Kier alpha value is -0.160. The third-order valence-electron chi connectivity index (χ3n) is 3.31. The van der Waals surface area contributed by atoms with E-state index in [2.05, 4.69) is 36.3 Å². The Labute approximate surface area is 106 Å². The highest BCUT2D eigenvalue weighted by Crippen LogP contribution is 2.08. The van der Waals surface area contributed by atoms with Gasteiger partial charge < -0.3 is 19.9 Å². The van der Waals surface area contributed by atoms with Crippen molar-refractivity contribution in [1.29, 1.82) is 0 Å². The molecule has 4 nitrogen and oxygen atoms in total. The fourth-order valence-electron chi connectivity index (χ4n) is 2.13. The maximum absolute atomic E-state index is 5.57. The van der Waals surface area contributed by atoms with E-state index in [1.165, 1.54) is 32.4 Å². The number of hydrogen-bond acceptors (Lipinski definition) is 4. The van der Waals surface area contributed by atoms with Crippen LogP contribution in [0.2, 0.25) is 0 Å². The topological polar surface area (TPSA) is 27.7 Å². The van der Waals surface area contributed by atoms with Crippen molar-refractivity contribution in [2.75, 3.05) is 60.5 Å². The zero-order valence-electron chi connectivity index (χ0n) is 11.7. The van der Waals surface area contributed by atoms with Crippen LogP contribution in [0.3, 0.4) is 0 Å². The van der Waals surface area contributed by atoms with Gasteiger partial charge in [-0.3, -0.25) is 0 Å². The first kappa shape index (κ1) is 14.9. The number of rotatable bonds is 7. The van der Waals surface area contributed by atoms with E-state index in [1.807, 2.05) is 0 Å². The van der Waals surface area contributed by atoms with Crippen molar-refractivity contribution >= 4 is 0 Å². The maximum atomic E-state index is 5.57. The lowest BCUT2D eigenvalue weighted by Crippen LogP contribution is -2.33. The monoisotopic (exact) mass is 243 g/mol. The predicted molar refractivity (Wildman–Crippen MR) is 72.5 cm³/mol. The van der Waals surface area contributed by atoms with Gasteiger partial charge in [0.25, 0.3) is 0 Å². The number of ether oxygens (including phenoxy) is 1. The van der Waals surface area contributed by atoms with Gasteiger partial charge in [-0.1, -0.05) is 0 Å². The van der Waals surface area contributed by atoms with Crippen LogP contribution in [0.1, 0.15) is 19.3 Å². The van der Waals surface area contributed by atoms with Crippen molar-refractivity contribution in [1.82, 2.24) is 15.1 Å². The molecule has 0 aromatic heterocycles. The molecule has 0 aliphatic carbocycles. The van der Waals surface area contributed by atoms with E-state index < -0.39 is 0 Å². The molecular weight excluding hydrogens is 214 g/mol. The standard InChI is InChI=1S/C13H29N3O/c1-15(2)10-12-17-11-7-14-13-5-4-8-16(3)9-6-13/h13-14H,4-12H2,1-3H3. The van der Waals surface area contributed by atoms with Crippen molar-refractivity contribution in [3.63, 3.8) is 0 Å². The smallest absolute Gasteiger partial charge is 0.0593 e. The highest BCUT2D eigenvalue weighted by molar-refractivity contribution is 4.73. The summed E-state index contributed by atoms with van der Waals surface area (Å²) >= 11 is 0. The lowest BCUT2D eigenvalue weighted by molar-refractivity contribution is 0.117. The normalized spacial score (nSPS) is 22.9. The molecule has 0 saturated carbocycles. The minimum absolute atomic E-state index is 0.692. The number of nitrogens with one attached hydrogen (secondary N) is 1. The fraction of sp³-hybridized carbons (Fsp3) is 1.00. The summed E-state index contributed by atoms with van der Waals surface area (Å²) in [7, 11) is 6.36. The van der Waals surface area contributed by atoms with Crippen LogP contribution in [-0.4, -0.2) is 76.4 Å². The fourth-order valence-corrected chi connectivity index (χ4v) is 2.13. The first-order valence-corrected chi connectivity index (χ1v) is 6.83. The molecule has 1 saturated heterocycles. The second kappa shape index (κ2) is 8.86. The first-order valence-electron chi connectivity index (χ1n) is 6.83. The van der Waals surface area contributed by atoms with Gasteiger partial charge in [-0.15, -0.1) is 0 Å². The summed E-state index contributed by atoms with van der Waals surface area (Å²) in [6, 6.07) is 0.692. The van der Waals surface area contributed by atoms with E-state index >= 15 is 0 Å². The largest absolute Gasteiger partial charge is 0.379 e. The zero-order chi connectivity index (χ0) is 12.5. The molecule has 0 amide bonds. The molecule has 4 heteroatoms.